The predicted molar refractivity (Wildman–Crippen MR) is 107 cm³/mol. The third kappa shape index (κ3) is 4.64. The molecule has 26 heavy (non-hydrogen) atoms. The van der Waals surface area contributed by atoms with Crippen molar-refractivity contribution in [2.24, 2.45) is 5.73 Å². The summed E-state index contributed by atoms with van der Waals surface area (Å²) in [7, 11) is 0. The Hall–Kier alpha value is -2.79. The summed E-state index contributed by atoms with van der Waals surface area (Å²) in [6.07, 6.45) is 0.140. The second-order valence-corrected chi connectivity index (χ2v) is 6.94. The molecule has 0 aliphatic carbocycles. The lowest BCUT2D eigenvalue weighted by Gasteiger charge is -2.22. The highest BCUT2D eigenvalue weighted by Crippen LogP contribution is 2.25. The first-order valence-corrected chi connectivity index (χ1v) is 9.37. The summed E-state index contributed by atoms with van der Waals surface area (Å²) < 4.78 is 0. The first kappa shape index (κ1) is 18.0. The topological polar surface area (TPSA) is 63.4 Å². The Balaban J connectivity index is 1.71. The van der Waals surface area contributed by atoms with E-state index in [1.54, 1.807) is 4.90 Å². The first-order valence-electron chi connectivity index (χ1n) is 8.39. The number of thioether (sulfide) groups is 1. The summed E-state index contributed by atoms with van der Waals surface area (Å²) in [4.78, 5) is 26.6. The van der Waals surface area contributed by atoms with Gasteiger partial charge in [-0.15, -0.1) is 11.8 Å². The average molecular weight is 364 g/mol. The number of para-hydroxylation sites is 1. The van der Waals surface area contributed by atoms with Gasteiger partial charge in [0, 0.05) is 23.5 Å². The smallest absolute Gasteiger partial charge is 0.237 e. The van der Waals surface area contributed by atoms with Crippen LogP contribution in [0.1, 0.15) is 6.42 Å². The summed E-state index contributed by atoms with van der Waals surface area (Å²) in [5, 5.41) is 2.33. The molecule has 3 aromatic carbocycles. The van der Waals surface area contributed by atoms with Gasteiger partial charge in [-0.1, -0.05) is 48.5 Å². The molecule has 0 saturated carbocycles. The van der Waals surface area contributed by atoms with Gasteiger partial charge in [0.05, 0.1) is 5.75 Å². The Morgan fingerprint density at radius 1 is 0.885 bits per heavy atom. The average Bonchev–Trinajstić information content (AvgIpc) is 2.67. The van der Waals surface area contributed by atoms with Crippen LogP contribution in [-0.2, 0) is 9.59 Å². The fraction of sp³-hybridized carbons (Fsp3) is 0.143. The SMILES string of the molecule is NC(=O)CCN(C(=O)CSc1ccc2ccccc2c1)c1ccccc1. The van der Waals surface area contributed by atoms with Gasteiger partial charge in [0.25, 0.3) is 0 Å². The van der Waals surface area contributed by atoms with E-state index in [-0.39, 0.29) is 18.9 Å². The van der Waals surface area contributed by atoms with Gasteiger partial charge in [-0.2, -0.15) is 0 Å². The molecule has 2 N–H and O–H groups in total. The van der Waals surface area contributed by atoms with Crippen molar-refractivity contribution in [3.63, 3.8) is 0 Å². The maximum atomic E-state index is 12.7. The van der Waals surface area contributed by atoms with Crippen molar-refractivity contribution < 1.29 is 9.59 Å². The van der Waals surface area contributed by atoms with E-state index in [1.807, 2.05) is 48.5 Å². The third-order valence-corrected chi connectivity index (χ3v) is 5.01. The molecule has 0 heterocycles. The number of nitrogens with zero attached hydrogens (tertiary/aromatic N) is 1. The molecule has 4 nitrogen and oxygen atoms in total. The molecule has 0 aromatic heterocycles. The van der Waals surface area contributed by atoms with Gasteiger partial charge < -0.3 is 10.6 Å². The van der Waals surface area contributed by atoms with E-state index in [0.29, 0.717) is 5.75 Å². The first-order chi connectivity index (χ1) is 12.6. The van der Waals surface area contributed by atoms with Gasteiger partial charge >= 0.3 is 0 Å². The van der Waals surface area contributed by atoms with Crippen LogP contribution in [0.4, 0.5) is 5.69 Å². The molecule has 0 spiro atoms. The van der Waals surface area contributed by atoms with Gasteiger partial charge in [0.2, 0.25) is 11.8 Å². The van der Waals surface area contributed by atoms with E-state index in [2.05, 4.69) is 24.3 Å². The van der Waals surface area contributed by atoms with Crippen LogP contribution < -0.4 is 10.6 Å². The Bertz CT molecular complexity index is 912. The summed E-state index contributed by atoms with van der Waals surface area (Å²) >= 11 is 1.49. The lowest BCUT2D eigenvalue weighted by atomic mass is 10.1. The Morgan fingerprint density at radius 3 is 2.31 bits per heavy atom. The lowest BCUT2D eigenvalue weighted by Crippen LogP contribution is -2.35. The zero-order valence-corrected chi connectivity index (χ0v) is 15.1. The second-order valence-electron chi connectivity index (χ2n) is 5.89. The largest absolute Gasteiger partial charge is 0.370 e. The van der Waals surface area contributed by atoms with Gasteiger partial charge in [-0.3, -0.25) is 9.59 Å². The number of anilines is 1. The van der Waals surface area contributed by atoms with E-state index in [0.717, 1.165) is 16.0 Å². The molecule has 5 heteroatoms. The molecule has 3 rings (SSSR count). The number of amides is 2. The van der Waals surface area contributed by atoms with E-state index in [4.69, 9.17) is 5.73 Å². The van der Waals surface area contributed by atoms with Crippen molar-refractivity contribution in [2.45, 2.75) is 11.3 Å². The minimum Gasteiger partial charge on any atom is -0.370 e. The zero-order chi connectivity index (χ0) is 18.4. The van der Waals surface area contributed by atoms with E-state index in [1.165, 1.54) is 17.1 Å². The molecular weight excluding hydrogens is 344 g/mol. The van der Waals surface area contributed by atoms with E-state index < -0.39 is 5.91 Å². The summed E-state index contributed by atoms with van der Waals surface area (Å²) in [6, 6.07) is 23.7. The minimum atomic E-state index is -0.416. The molecule has 132 valence electrons. The molecule has 0 radical (unpaired) electrons. The van der Waals surface area contributed by atoms with Gasteiger partial charge in [0.1, 0.15) is 0 Å². The number of benzene rings is 3. The Kier molecular flexibility index (Phi) is 5.92. The van der Waals surface area contributed by atoms with Crippen LogP contribution in [-0.4, -0.2) is 24.1 Å². The highest BCUT2D eigenvalue weighted by atomic mass is 32.2. The molecular formula is C21H20N2O2S. The fourth-order valence-corrected chi connectivity index (χ4v) is 3.53. The standard InChI is InChI=1S/C21H20N2O2S/c22-20(24)12-13-23(18-8-2-1-3-9-18)21(25)15-26-19-11-10-16-6-4-5-7-17(16)14-19/h1-11,14H,12-13,15H2,(H2,22,24). The molecule has 0 bridgehead atoms. The maximum Gasteiger partial charge on any atom is 0.237 e. The van der Waals surface area contributed by atoms with Crippen LogP contribution in [0.15, 0.2) is 77.7 Å². The number of hydrogen-bond donors (Lipinski definition) is 1. The second kappa shape index (κ2) is 8.54. The Morgan fingerprint density at radius 2 is 1.58 bits per heavy atom. The minimum absolute atomic E-state index is 0.0457. The number of primary amides is 1. The highest BCUT2D eigenvalue weighted by molar-refractivity contribution is 8.00. The zero-order valence-electron chi connectivity index (χ0n) is 14.3. The van der Waals surface area contributed by atoms with Gasteiger partial charge in [-0.05, 0) is 35.0 Å². The third-order valence-electron chi connectivity index (χ3n) is 4.03. The van der Waals surface area contributed by atoms with Gasteiger partial charge in [-0.25, -0.2) is 0 Å². The number of fused-ring (bicyclic) bond motifs is 1. The highest BCUT2D eigenvalue weighted by Gasteiger charge is 2.16. The van der Waals surface area contributed by atoms with Crippen LogP contribution in [0.25, 0.3) is 10.8 Å². The fourth-order valence-electron chi connectivity index (χ4n) is 2.71. The number of carbonyl (C=O) groups excluding carboxylic acids is 2. The van der Waals surface area contributed by atoms with Crippen molar-refractivity contribution in [3.05, 3.63) is 72.8 Å². The van der Waals surface area contributed by atoms with Crippen molar-refractivity contribution in [1.29, 1.82) is 0 Å². The molecule has 2 amide bonds. The van der Waals surface area contributed by atoms with Crippen molar-refractivity contribution in [1.82, 2.24) is 0 Å². The van der Waals surface area contributed by atoms with Crippen molar-refractivity contribution >= 4 is 40.0 Å². The maximum absolute atomic E-state index is 12.7. The molecule has 0 aliphatic heterocycles. The summed E-state index contributed by atoms with van der Waals surface area (Å²) in [5.74, 6) is -0.164. The van der Waals surface area contributed by atoms with Crippen molar-refractivity contribution in [2.75, 3.05) is 17.2 Å². The summed E-state index contributed by atoms with van der Waals surface area (Å²) in [6.45, 7) is 0.288. The van der Waals surface area contributed by atoms with E-state index in [9.17, 15) is 9.59 Å². The van der Waals surface area contributed by atoms with E-state index >= 15 is 0 Å². The van der Waals surface area contributed by atoms with Crippen LogP contribution in [0.2, 0.25) is 0 Å². The number of hydrogen-bond acceptors (Lipinski definition) is 3. The van der Waals surface area contributed by atoms with Crippen LogP contribution >= 0.6 is 11.8 Å². The van der Waals surface area contributed by atoms with Crippen LogP contribution in [0.5, 0.6) is 0 Å². The molecule has 0 saturated heterocycles. The number of carbonyl (C=O) groups is 2. The normalized spacial score (nSPS) is 10.6. The molecule has 0 fully saturated rings. The molecule has 0 aliphatic rings. The number of nitrogens with two attached hydrogens (primary N) is 1. The molecule has 0 unspecified atom stereocenters. The lowest BCUT2D eigenvalue weighted by molar-refractivity contribution is -0.118. The van der Waals surface area contributed by atoms with Crippen LogP contribution in [0, 0.1) is 0 Å². The molecule has 3 aromatic rings. The Labute approximate surface area is 157 Å². The van der Waals surface area contributed by atoms with Gasteiger partial charge in [0.15, 0.2) is 0 Å². The molecule has 0 atom stereocenters. The van der Waals surface area contributed by atoms with Crippen LogP contribution in [0.3, 0.4) is 0 Å². The van der Waals surface area contributed by atoms with Crippen molar-refractivity contribution in [3.8, 4) is 0 Å². The predicted octanol–water partition coefficient (Wildman–Crippen LogP) is 3.84. The number of rotatable bonds is 7. The quantitative estimate of drug-likeness (QED) is 0.648. The monoisotopic (exact) mass is 364 g/mol. The summed E-state index contributed by atoms with van der Waals surface area (Å²) in [5.41, 5.74) is 6.03.